The Labute approximate surface area is 223 Å². The number of hydrogen-bond donors (Lipinski definition) is 1. The summed E-state index contributed by atoms with van der Waals surface area (Å²) in [5.41, 5.74) is 3.04. The average molecular weight is 546 g/mol. The minimum Gasteiger partial charge on any atom is -0.462 e. The van der Waals surface area contributed by atoms with Crippen LogP contribution in [0.15, 0.2) is 17.1 Å². The largest absolute Gasteiger partial charge is 0.462 e. The summed E-state index contributed by atoms with van der Waals surface area (Å²) in [6.07, 6.45) is 1.84. The Kier molecular flexibility index (Phi) is 12.3. The van der Waals surface area contributed by atoms with Gasteiger partial charge < -0.3 is 19.9 Å². The number of nitrogens with zero attached hydrogens (tertiary/aromatic N) is 2. The maximum absolute atomic E-state index is 16.0. The summed E-state index contributed by atoms with van der Waals surface area (Å²) in [6.45, 7) is 7.43. The molecule has 2 N–H and O–H groups in total. The number of aromatic nitrogens is 2. The third-order valence-corrected chi connectivity index (χ3v) is 7.16. The fourth-order valence-corrected chi connectivity index (χ4v) is 5.06. The molecule has 0 radical (unpaired) electrons. The van der Waals surface area contributed by atoms with Crippen molar-refractivity contribution in [1.82, 2.24) is 9.55 Å². The van der Waals surface area contributed by atoms with Crippen molar-refractivity contribution in [3.8, 4) is 0 Å². The van der Waals surface area contributed by atoms with Crippen LogP contribution < -0.4 is 11.4 Å². The maximum atomic E-state index is 16.0. The Balaban J connectivity index is 2.40. The van der Waals surface area contributed by atoms with Crippen molar-refractivity contribution >= 4 is 29.4 Å². The molecule has 1 aromatic rings. The minimum absolute atomic E-state index is 0.0324. The van der Waals surface area contributed by atoms with Crippen LogP contribution in [0.4, 0.5) is 10.2 Å². The van der Waals surface area contributed by atoms with Gasteiger partial charge in [-0.25, -0.2) is 9.18 Å². The molecule has 37 heavy (non-hydrogen) atoms. The summed E-state index contributed by atoms with van der Waals surface area (Å²) >= 11 is 6.32. The van der Waals surface area contributed by atoms with Crippen LogP contribution in [-0.2, 0) is 23.8 Å². The summed E-state index contributed by atoms with van der Waals surface area (Å²) in [5.74, 6) is -2.12. The molecule has 2 heterocycles. The average Bonchev–Trinajstić information content (AvgIpc) is 3.13. The summed E-state index contributed by atoms with van der Waals surface area (Å²) in [4.78, 5) is 42.1. The van der Waals surface area contributed by atoms with E-state index in [-0.39, 0.29) is 17.6 Å². The van der Waals surface area contributed by atoms with Crippen molar-refractivity contribution in [3.05, 3.63) is 22.7 Å². The van der Waals surface area contributed by atoms with Crippen molar-refractivity contribution < 1.29 is 28.2 Å². The first kappa shape index (κ1) is 31.0. The van der Waals surface area contributed by atoms with Gasteiger partial charge in [-0.1, -0.05) is 53.4 Å². The second-order valence-corrected chi connectivity index (χ2v) is 9.97. The number of nitrogens with two attached hydrogens (primary N) is 1. The quantitative estimate of drug-likeness (QED) is 0.251. The van der Waals surface area contributed by atoms with Crippen molar-refractivity contribution in [2.24, 2.45) is 11.8 Å². The smallest absolute Gasteiger partial charge is 0.351 e. The molecule has 1 aromatic heterocycles. The van der Waals surface area contributed by atoms with Crippen LogP contribution in [0.2, 0.25) is 0 Å². The third-order valence-electron chi connectivity index (χ3n) is 6.70. The van der Waals surface area contributed by atoms with Crippen molar-refractivity contribution in [2.75, 3.05) is 18.2 Å². The molecule has 11 heteroatoms. The number of carbonyl (C=O) groups is 2. The highest BCUT2D eigenvalue weighted by atomic mass is 35.5. The van der Waals surface area contributed by atoms with Gasteiger partial charge in [0, 0.05) is 6.20 Å². The molecule has 0 spiro atoms. The van der Waals surface area contributed by atoms with E-state index in [9.17, 15) is 14.4 Å². The predicted molar refractivity (Wildman–Crippen MR) is 139 cm³/mol. The maximum Gasteiger partial charge on any atom is 0.351 e. The zero-order chi connectivity index (χ0) is 27.6. The molecule has 1 aliphatic rings. The number of halogens is 2. The molecule has 0 amide bonds. The van der Waals surface area contributed by atoms with Gasteiger partial charge in [0.1, 0.15) is 12.4 Å². The molecule has 1 fully saturated rings. The summed E-state index contributed by atoms with van der Waals surface area (Å²) in [7, 11) is 0. The van der Waals surface area contributed by atoms with Crippen molar-refractivity contribution in [1.29, 1.82) is 0 Å². The molecule has 0 aromatic carbocycles. The second kappa shape index (κ2) is 14.7. The zero-order valence-electron chi connectivity index (χ0n) is 22.3. The minimum atomic E-state index is -1.98. The number of nitrogen functional groups attached to an aromatic ring is 1. The van der Waals surface area contributed by atoms with Crippen molar-refractivity contribution in [3.63, 3.8) is 0 Å². The molecule has 0 unspecified atom stereocenters. The van der Waals surface area contributed by atoms with Gasteiger partial charge in [-0.15, -0.1) is 11.6 Å². The van der Waals surface area contributed by atoms with E-state index in [1.54, 1.807) is 0 Å². The highest BCUT2D eigenvalue weighted by Crippen LogP contribution is 2.42. The van der Waals surface area contributed by atoms with Crippen LogP contribution in [-0.4, -0.2) is 51.9 Å². The van der Waals surface area contributed by atoms with E-state index in [0.29, 0.717) is 25.7 Å². The van der Waals surface area contributed by atoms with Gasteiger partial charge in [0.05, 0.1) is 17.7 Å². The third kappa shape index (κ3) is 7.66. The lowest BCUT2D eigenvalue weighted by Crippen LogP contribution is -2.51. The molecular formula is C26H41ClFN3O6. The lowest BCUT2D eigenvalue weighted by molar-refractivity contribution is -0.179. The highest BCUT2D eigenvalue weighted by molar-refractivity contribution is 6.18. The Bertz CT molecular complexity index is 935. The van der Waals surface area contributed by atoms with Gasteiger partial charge >= 0.3 is 17.6 Å². The molecule has 1 aliphatic heterocycles. The Morgan fingerprint density at radius 3 is 2.14 bits per heavy atom. The van der Waals surface area contributed by atoms with E-state index in [1.165, 1.54) is 12.3 Å². The zero-order valence-corrected chi connectivity index (χ0v) is 23.0. The van der Waals surface area contributed by atoms with E-state index < -0.39 is 54.3 Å². The number of ether oxygens (including phenoxy) is 3. The van der Waals surface area contributed by atoms with Gasteiger partial charge in [0.2, 0.25) is 0 Å². The molecule has 0 saturated carbocycles. The van der Waals surface area contributed by atoms with Crippen LogP contribution in [0.25, 0.3) is 0 Å². The van der Waals surface area contributed by atoms with Crippen molar-refractivity contribution in [2.45, 2.75) is 103 Å². The lowest BCUT2D eigenvalue weighted by atomic mass is 9.95. The van der Waals surface area contributed by atoms with Crippen LogP contribution in [0, 0.1) is 11.8 Å². The molecular weight excluding hydrogens is 505 g/mol. The van der Waals surface area contributed by atoms with E-state index >= 15 is 4.39 Å². The second-order valence-electron chi connectivity index (χ2n) is 9.71. The van der Waals surface area contributed by atoms with Crippen LogP contribution in [0.5, 0.6) is 0 Å². The molecule has 210 valence electrons. The Morgan fingerprint density at radius 2 is 1.65 bits per heavy atom. The number of carbonyl (C=O) groups excluding carboxylic acids is 2. The number of hydrogen-bond acceptors (Lipinski definition) is 8. The van der Waals surface area contributed by atoms with Gasteiger partial charge in [0.15, 0.2) is 24.1 Å². The number of alkyl halides is 2. The number of anilines is 1. The molecule has 1 saturated heterocycles. The molecule has 0 aliphatic carbocycles. The van der Waals surface area contributed by atoms with Gasteiger partial charge in [-0.2, -0.15) is 4.98 Å². The standard InChI is InChI=1S/C26H41ClFN3O6/c1-5-9-17(10-6-2)23(32)35-16-26(15-27)21(36-24(33)18(11-7-3)12-8-4)20(28)22(37-26)31-14-13-19(29)30-25(31)34/h13-14,17-18,20-22H,5-12,15-16H2,1-4H3,(H2,29,30,34)/t20-,21-,22+,26+/m0/s1. The first-order valence-electron chi connectivity index (χ1n) is 13.3. The highest BCUT2D eigenvalue weighted by Gasteiger charge is 2.60. The Morgan fingerprint density at radius 1 is 1.11 bits per heavy atom. The summed E-state index contributed by atoms with van der Waals surface area (Å²) < 4.78 is 34.3. The molecule has 9 nitrogen and oxygen atoms in total. The van der Waals surface area contributed by atoms with E-state index in [2.05, 4.69) is 4.98 Å². The lowest BCUT2D eigenvalue weighted by Gasteiger charge is -2.32. The normalized spacial score (nSPS) is 23.5. The van der Waals surface area contributed by atoms with Crippen LogP contribution in [0.3, 0.4) is 0 Å². The molecule has 0 bridgehead atoms. The van der Waals surface area contributed by atoms with Gasteiger partial charge in [0.25, 0.3) is 0 Å². The fourth-order valence-electron chi connectivity index (χ4n) is 4.76. The Hall–Kier alpha value is -2.20. The predicted octanol–water partition coefficient (Wildman–Crippen LogP) is 4.56. The molecule has 4 atom stereocenters. The van der Waals surface area contributed by atoms with Gasteiger partial charge in [-0.3, -0.25) is 14.2 Å². The number of rotatable bonds is 15. The van der Waals surface area contributed by atoms with Gasteiger partial charge in [-0.05, 0) is 31.7 Å². The SMILES string of the molecule is CCCC(CCC)C(=O)OC[C@@]1(CCl)O[C@@H](n2ccc(N)nc2=O)[C@@H](F)[C@@H]1OC(=O)C(CCC)CCC. The first-order chi connectivity index (χ1) is 17.7. The van der Waals surface area contributed by atoms with E-state index in [4.69, 9.17) is 31.5 Å². The number of esters is 2. The summed E-state index contributed by atoms with van der Waals surface area (Å²) in [6, 6.07) is 1.33. The fraction of sp³-hybridized carbons (Fsp3) is 0.769. The van der Waals surface area contributed by atoms with E-state index in [1.807, 2.05) is 27.7 Å². The first-order valence-corrected chi connectivity index (χ1v) is 13.8. The van der Waals surface area contributed by atoms with E-state index in [0.717, 1.165) is 30.3 Å². The monoisotopic (exact) mass is 545 g/mol. The topological polar surface area (TPSA) is 123 Å². The summed E-state index contributed by atoms with van der Waals surface area (Å²) in [5, 5.41) is 0. The van der Waals surface area contributed by atoms with Crippen LogP contribution >= 0.6 is 11.6 Å². The van der Waals surface area contributed by atoms with Crippen LogP contribution in [0.1, 0.15) is 85.3 Å². The molecule has 2 rings (SSSR count).